The van der Waals surface area contributed by atoms with E-state index < -0.39 is 23.9 Å². The average molecular weight is 263 g/mol. The maximum Gasteiger partial charge on any atom is 0.435 e. The van der Waals surface area contributed by atoms with Gasteiger partial charge in [0.05, 0.1) is 0 Å². The summed E-state index contributed by atoms with van der Waals surface area (Å²) in [6.45, 7) is 1.80. The topological polar surface area (TPSA) is 75.1 Å². The van der Waals surface area contributed by atoms with Gasteiger partial charge in [-0.25, -0.2) is 4.79 Å². The van der Waals surface area contributed by atoms with Gasteiger partial charge in [0.15, 0.2) is 5.69 Å². The van der Waals surface area contributed by atoms with Crippen LogP contribution < -0.4 is 5.32 Å². The van der Waals surface area contributed by atoms with Crippen molar-refractivity contribution in [2.45, 2.75) is 32.0 Å². The lowest BCUT2D eigenvalue weighted by Crippen LogP contribution is -2.29. The van der Waals surface area contributed by atoms with Crippen molar-refractivity contribution >= 4 is 11.8 Å². The summed E-state index contributed by atoms with van der Waals surface area (Å²) in [6, 6.07) is 0.919. The van der Waals surface area contributed by atoms with Crippen LogP contribution in [0.25, 0.3) is 0 Å². The summed E-state index contributed by atoms with van der Waals surface area (Å²) in [6.07, 6.45) is -3.59. The zero-order valence-electron chi connectivity index (χ0n) is 9.53. The summed E-state index contributed by atoms with van der Waals surface area (Å²) >= 11 is 0. The Kier molecular flexibility index (Phi) is 4.46. The van der Waals surface area contributed by atoms with Gasteiger partial charge in [0.2, 0.25) is 0 Å². The van der Waals surface area contributed by atoms with E-state index >= 15 is 0 Å². The number of aliphatic carboxylic acids is 1. The molecule has 1 rings (SSSR count). The van der Waals surface area contributed by atoms with Crippen molar-refractivity contribution in [2.75, 3.05) is 5.32 Å². The highest BCUT2D eigenvalue weighted by Gasteiger charge is 2.33. The number of rotatable bonds is 5. The van der Waals surface area contributed by atoms with Crippen molar-refractivity contribution in [1.29, 1.82) is 0 Å². The Morgan fingerprint density at radius 2 is 2.11 bits per heavy atom. The van der Waals surface area contributed by atoms with Crippen molar-refractivity contribution in [3.05, 3.63) is 17.8 Å². The van der Waals surface area contributed by atoms with Crippen LogP contribution in [0.4, 0.5) is 19.0 Å². The Bertz CT molecular complexity index is 406. The van der Waals surface area contributed by atoms with E-state index in [0.29, 0.717) is 12.8 Å². The summed E-state index contributed by atoms with van der Waals surface area (Å²) in [5.74, 6) is -1.08. The Morgan fingerprint density at radius 3 is 2.50 bits per heavy atom. The van der Waals surface area contributed by atoms with E-state index in [9.17, 15) is 18.0 Å². The molecule has 0 bridgehead atoms. The van der Waals surface area contributed by atoms with Crippen LogP contribution in [-0.2, 0) is 11.0 Å². The molecule has 8 heteroatoms. The van der Waals surface area contributed by atoms with E-state index in [4.69, 9.17) is 5.11 Å². The molecular formula is C10H12F3N3O2. The van der Waals surface area contributed by atoms with Gasteiger partial charge in [0, 0.05) is 0 Å². The first-order chi connectivity index (χ1) is 8.34. The van der Waals surface area contributed by atoms with E-state index in [1.54, 1.807) is 6.92 Å². The molecule has 18 heavy (non-hydrogen) atoms. The molecule has 0 aliphatic heterocycles. The van der Waals surface area contributed by atoms with Crippen LogP contribution in [0.15, 0.2) is 12.1 Å². The minimum absolute atomic E-state index is 0.00356. The van der Waals surface area contributed by atoms with Gasteiger partial charge in [-0.2, -0.15) is 13.2 Å². The minimum atomic E-state index is -4.55. The monoisotopic (exact) mass is 263 g/mol. The van der Waals surface area contributed by atoms with E-state index in [1.165, 1.54) is 0 Å². The molecule has 0 spiro atoms. The van der Waals surface area contributed by atoms with E-state index in [0.717, 1.165) is 12.1 Å². The lowest BCUT2D eigenvalue weighted by molar-refractivity contribution is -0.142. The summed E-state index contributed by atoms with van der Waals surface area (Å²) in [4.78, 5) is 10.8. The molecule has 0 saturated heterocycles. The first kappa shape index (κ1) is 14.2. The molecule has 0 aromatic carbocycles. The second-order valence-corrected chi connectivity index (χ2v) is 3.63. The number of aromatic nitrogens is 2. The molecule has 0 amide bonds. The number of halogens is 3. The average Bonchev–Trinajstić information content (AvgIpc) is 2.28. The maximum absolute atomic E-state index is 12.2. The van der Waals surface area contributed by atoms with Crippen molar-refractivity contribution in [2.24, 2.45) is 0 Å². The van der Waals surface area contributed by atoms with Crippen LogP contribution in [0.2, 0.25) is 0 Å². The van der Waals surface area contributed by atoms with Crippen molar-refractivity contribution in [3.63, 3.8) is 0 Å². The van der Waals surface area contributed by atoms with Gasteiger partial charge in [-0.3, -0.25) is 0 Å². The predicted octanol–water partition coefficient (Wildman–Crippen LogP) is 2.16. The van der Waals surface area contributed by atoms with Crippen LogP contribution in [0.3, 0.4) is 0 Å². The highest BCUT2D eigenvalue weighted by molar-refractivity contribution is 5.76. The Labute approximate surface area is 101 Å². The van der Waals surface area contributed by atoms with Crippen molar-refractivity contribution in [3.8, 4) is 0 Å². The smallest absolute Gasteiger partial charge is 0.435 e. The first-order valence-corrected chi connectivity index (χ1v) is 5.25. The normalized spacial score (nSPS) is 13.1. The Hall–Kier alpha value is -1.86. The highest BCUT2D eigenvalue weighted by Crippen LogP contribution is 2.27. The number of carbonyl (C=O) groups is 1. The molecule has 1 aromatic heterocycles. The second-order valence-electron chi connectivity index (χ2n) is 3.63. The van der Waals surface area contributed by atoms with Gasteiger partial charge in [0.25, 0.3) is 0 Å². The molecule has 1 unspecified atom stereocenters. The quantitative estimate of drug-likeness (QED) is 0.851. The Morgan fingerprint density at radius 1 is 1.44 bits per heavy atom. The number of carboxylic acids is 1. The van der Waals surface area contributed by atoms with Crippen LogP contribution in [0.5, 0.6) is 0 Å². The number of hydrogen-bond donors (Lipinski definition) is 2. The summed E-state index contributed by atoms with van der Waals surface area (Å²) in [7, 11) is 0. The molecule has 1 aromatic rings. The first-order valence-electron chi connectivity index (χ1n) is 5.25. The third-order valence-electron chi connectivity index (χ3n) is 2.15. The molecule has 2 N–H and O–H groups in total. The number of nitrogens with zero attached hydrogens (tertiary/aromatic N) is 2. The maximum atomic E-state index is 12.2. The number of hydrogen-bond acceptors (Lipinski definition) is 4. The van der Waals surface area contributed by atoms with Gasteiger partial charge < -0.3 is 10.4 Å². The molecule has 0 saturated carbocycles. The van der Waals surface area contributed by atoms with Gasteiger partial charge in [0.1, 0.15) is 11.9 Å². The van der Waals surface area contributed by atoms with E-state index in [2.05, 4.69) is 15.5 Å². The van der Waals surface area contributed by atoms with E-state index in [-0.39, 0.29) is 5.82 Å². The molecule has 1 heterocycles. The number of alkyl halides is 3. The summed E-state index contributed by atoms with van der Waals surface area (Å²) in [5, 5.41) is 17.7. The van der Waals surface area contributed by atoms with Gasteiger partial charge >= 0.3 is 12.1 Å². The molecule has 0 radical (unpaired) electrons. The van der Waals surface area contributed by atoms with Gasteiger partial charge in [-0.05, 0) is 18.6 Å². The van der Waals surface area contributed by atoms with E-state index in [1.807, 2.05) is 0 Å². The number of anilines is 1. The van der Waals surface area contributed by atoms with Crippen LogP contribution in [-0.4, -0.2) is 27.3 Å². The summed E-state index contributed by atoms with van der Waals surface area (Å²) in [5.41, 5.74) is -1.12. The SMILES string of the molecule is CCCC(Nc1ccc(C(F)(F)F)nn1)C(=O)O. The molecule has 1 atom stereocenters. The lowest BCUT2D eigenvalue weighted by atomic mass is 10.2. The van der Waals surface area contributed by atoms with Crippen molar-refractivity contribution < 1.29 is 23.1 Å². The molecule has 0 aliphatic carbocycles. The molecule has 100 valence electrons. The van der Waals surface area contributed by atoms with Crippen LogP contribution >= 0.6 is 0 Å². The second kappa shape index (κ2) is 5.65. The Balaban J connectivity index is 2.76. The molecule has 5 nitrogen and oxygen atoms in total. The molecular weight excluding hydrogens is 251 g/mol. The predicted molar refractivity (Wildman–Crippen MR) is 57.0 cm³/mol. The third kappa shape index (κ3) is 3.86. The fourth-order valence-corrected chi connectivity index (χ4v) is 1.29. The van der Waals surface area contributed by atoms with Crippen LogP contribution in [0.1, 0.15) is 25.5 Å². The summed E-state index contributed by atoms with van der Waals surface area (Å²) < 4.78 is 36.6. The standard InChI is InChI=1S/C10H12F3N3O2/c1-2-3-6(9(17)18)14-8-5-4-7(15-16-8)10(11,12)13/h4-6H,2-3H2,1H3,(H,14,16)(H,17,18). The zero-order valence-corrected chi connectivity index (χ0v) is 9.53. The fourth-order valence-electron chi connectivity index (χ4n) is 1.29. The molecule has 0 fully saturated rings. The van der Waals surface area contributed by atoms with Gasteiger partial charge in [-0.15, -0.1) is 10.2 Å². The van der Waals surface area contributed by atoms with Gasteiger partial charge in [-0.1, -0.05) is 13.3 Å². The number of carboxylic acid groups (broad SMARTS) is 1. The molecule has 0 aliphatic rings. The minimum Gasteiger partial charge on any atom is -0.480 e. The fraction of sp³-hybridized carbons (Fsp3) is 0.500. The third-order valence-corrected chi connectivity index (χ3v) is 2.15. The lowest BCUT2D eigenvalue weighted by Gasteiger charge is -2.13. The van der Waals surface area contributed by atoms with Crippen LogP contribution in [0, 0.1) is 0 Å². The largest absolute Gasteiger partial charge is 0.480 e. The number of nitrogens with one attached hydrogen (secondary N) is 1. The zero-order chi connectivity index (χ0) is 13.8. The van der Waals surface area contributed by atoms with Crippen molar-refractivity contribution in [1.82, 2.24) is 10.2 Å². The highest BCUT2D eigenvalue weighted by atomic mass is 19.4.